The molecule has 0 atom stereocenters. The number of rotatable bonds is 5. The topological polar surface area (TPSA) is 49.3 Å². The number of hydrogen-bond donors (Lipinski definition) is 2. The summed E-state index contributed by atoms with van der Waals surface area (Å²) in [5.74, 6) is 0.467. The number of nitrogens with one attached hydrogen (secondary N) is 2. The van der Waals surface area contributed by atoms with Crippen molar-refractivity contribution in [1.29, 1.82) is 0 Å². The van der Waals surface area contributed by atoms with Crippen LogP contribution in [0.15, 0.2) is 47.6 Å². The SMILES string of the molecule is CN=C(NCCc1ccc(Cl)nc1)NCc1ccc(F)cc1. The largest absolute Gasteiger partial charge is 0.356 e. The van der Waals surface area contributed by atoms with Crippen LogP contribution in [0.25, 0.3) is 0 Å². The number of benzene rings is 1. The van der Waals surface area contributed by atoms with Crippen LogP contribution in [0.1, 0.15) is 11.1 Å². The Morgan fingerprint density at radius 1 is 1.14 bits per heavy atom. The molecule has 0 aliphatic rings. The summed E-state index contributed by atoms with van der Waals surface area (Å²) in [6, 6.07) is 10.1. The van der Waals surface area contributed by atoms with Gasteiger partial charge in [-0.25, -0.2) is 9.37 Å². The number of aliphatic imine (C=N–C) groups is 1. The van der Waals surface area contributed by atoms with Gasteiger partial charge in [0.05, 0.1) is 0 Å². The zero-order valence-electron chi connectivity index (χ0n) is 12.3. The first kappa shape index (κ1) is 16.2. The van der Waals surface area contributed by atoms with Gasteiger partial charge >= 0.3 is 0 Å². The van der Waals surface area contributed by atoms with Crippen molar-refractivity contribution in [3.05, 3.63) is 64.7 Å². The van der Waals surface area contributed by atoms with E-state index < -0.39 is 0 Å². The van der Waals surface area contributed by atoms with E-state index in [0.717, 1.165) is 24.1 Å². The average Bonchev–Trinajstić information content (AvgIpc) is 2.54. The molecule has 0 aliphatic carbocycles. The molecular weight excluding hydrogens is 303 g/mol. The van der Waals surface area contributed by atoms with Crippen LogP contribution in [-0.4, -0.2) is 24.5 Å². The van der Waals surface area contributed by atoms with Crippen molar-refractivity contribution >= 4 is 17.6 Å². The number of aromatic nitrogens is 1. The molecule has 1 heterocycles. The lowest BCUT2D eigenvalue weighted by Gasteiger charge is -2.12. The minimum absolute atomic E-state index is 0.233. The van der Waals surface area contributed by atoms with E-state index >= 15 is 0 Å². The molecule has 2 aromatic rings. The number of hydrogen-bond acceptors (Lipinski definition) is 2. The minimum Gasteiger partial charge on any atom is -0.356 e. The molecule has 2 N–H and O–H groups in total. The molecular formula is C16H18ClFN4. The number of nitrogens with zero attached hydrogens (tertiary/aromatic N) is 2. The van der Waals surface area contributed by atoms with E-state index in [9.17, 15) is 4.39 Å². The van der Waals surface area contributed by atoms with E-state index in [1.54, 1.807) is 31.4 Å². The number of halogens is 2. The van der Waals surface area contributed by atoms with Crippen molar-refractivity contribution < 1.29 is 4.39 Å². The molecule has 116 valence electrons. The average molecular weight is 321 g/mol. The predicted molar refractivity (Wildman–Crippen MR) is 87.6 cm³/mol. The normalized spacial score (nSPS) is 11.3. The van der Waals surface area contributed by atoms with E-state index in [4.69, 9.17) is 11.6 Å². The van der Waals surface area contributed by atoms with Gasteiger partial charge in [0.25, 0.3) is 0 Å². The van der Waals surface area contributed by atoms with Crippen molar-refractivity contribution in [3.63, 3.8) is 0 Å². The summed E-state index contributed by atoms with van der Waals surface area (Å²) < 4.78 is 12.8. The highest BCUT2D eigenvalue weighted by molar-refractivity contribution is 6.29. The second-order valence-corrected chi connectivity index (χ2v) is 5.11. The summed E-state index contributed by atoms with van der Waals surface area (Å²) >= 11 is 5.75. The van der Waals surface area contributed by atoms with Gasteiger partial charge in [0.2, 0.25) is 0 Å². The van der Waals surface area contributed by atoms with E-state index in [2.05, 4.69) is 20.6 Å². The van der Waals surface area contributed by atoms with Crippen LogP contribution in [0.3, 0.4) is 0 Å². The molecule has 22 heavy (non-hydrogen) atoms. The first-order valence-corrected chi connectivity index (χ1v) is 7.34. The van der Waals surface area contributed by atoms with Gasteiger partial charge in [-0.2, -0.15) is 0 Å². The van der Waals surface area contributed by atoms with Gasteiger partial charge in [-0.1, -0.05) is 29.8 Å². The molecule has 0 aliphatic heterocycles. The maximum absolute atomic E-state index is 12.8. The molecule has 0 bridgehead atoms. The summed E-state index contributed by atoms with van der Waals surface area (Å²) in [4.78, 5) is 8.19. The second kappa shape index (κ2) is 8.34. The zero-order chi connectivity index (χ0) is 15.8. The van der Waals surface area contributed by atoms with Crippen molar-refractivity contribution in [2.45, 2.75) is 13.0 Å². The number of pyridine rings is 1. The Morgan fingerprint density at radius 2 is 1.86 bits per heavy atom. The third-order valence-corrected chi connectivity index (χ3v) is 3.32. The molecule has 0 amide bonds. The highest BCUT2D eigenvalue weighted by Crippen LogP contribution is 2.05. The van der Waals surface area contributed by atoms with E-state index in [1.807, 2.05) is 6.07 Å². The van der Waals surface area contributed by atoms with Crippen molar-refractivity contribution in [3.8, 4) is 0 Å². The third kappa shape index (κ3) is 5.33. The lowest BCUT2D eigenvalue weighted by Crippen LogP contribution is -2.37. The van der Waals surface area contributed by atoms with Crippen molar-refractivity contribution in [2.24, 2.45) is 4.99 Å². The highest BCUT2D eigenvalue weighted by atomic mass is 35.5. The van der Waals surface area contributed by atoms with Crippen LogP contribution in [0.2, 0.25) is 5.15 Å². The van der Waals surface area contributed by atoms with E-state index in [-0.39, 0.29) is 5.82 Å². The van der Waals surface area contributed by atoms with Crippen LogP contribution in [0.5, 0.6) is 0 Å². The quantitative estimate of drug-likeness (QED) is 0.506. The van der Waals surface area contributed by atoms with Crippen molar-refractivity contribution in [2.75, 3.05) is 13.6 Å². The molecule has 1 aromatic carbocycles. The number of guanidine groups is 1. The lowest BCUT2D eigenvalue weighted by molar-refractivity contribution is 0.626. The van der Waals surface area contributed by atoms with Gasteiger partial charge in [-0.15, -0.1) is 0 Å². The lowest BCUT2D eigenvalue weighted by atomic mass is 10.2. The van der Waals surface area contributed by atoms with Gasteiger partial charge in [-0.3, -0.25) is 4.99 Å². The van der Waals surface area contributed by atoms with Crippen LogP contribution in [0.4, 0.5) is 4.39 Å². The molecule has 1 aromatic heterocycles. The van der Waals surface area contributed by atoms with Gasteiger partial charge in [-0.05, 0) is 35.7 Å². The van der Waals surface area contributed by atoms with E-state index in [1.165, 1.54) is 12.1 Å². The van der Waals surface area contributed by atoms with Crippen LogP contribution >= 0.6 is 11.6 Å². The molecule has 2 rings (SSSR count). The molecule has 0 spiro atoms. The zero-order valence-corrected chi connectivity index (χ0v) is 13.1. The summed E-state index contributed by atoms with van der Waals surface area (Å²) in [7, 11) is 1.71. The third-order valence-electron chi connectivity index (χ3n) is 3.09. The fourth-order valence-corrected chi connectivity index (χ4v) is 2.00. The Kier molecular flexibility index (Phi) is 6.15. The van der Waals surface area contributed by atoms with E-state index in [0.29, 0.717) is 17.7 Å². The molecule has 0 radical (unpaired) electrons. The fourth-order valence-electron chi connectivity index (χ4n) is 1.89. The molecule has 0 saturated heterocycles. The molecule has 0 unspecified atom stereocenters. The standard InChI is InChI=1S/C16H18ClFN4/c1-19-16(22-11-12-2-5-14(18)6-3-12)20-9-8-13-4-7-15(17)21-10-13/h2-7,10H,8-9,11H2,1H3,(H2,19,20,22). The minimum atomic E-state index is -0.233. The second-order valence-electron chi connectivity index (χ2n) is 4.72. The van der Waals surface area contributed by atoms with Crippen molar-refractivity contribution in [1.82, 2.24) is 15.6 Å². The summed E-state index contributed by atoms with van der Waals surface area (Å²) in [5.41, 5.74) is 2.09. The van der Waals surface area contributed by atoms with Crippen LogP contribution in [-0.2, 0) is 13.0 Å². The maximum atomic E-state index is 12.8. The predicted octanol–water partition coefficient (Wildman–Crippen LogP) is 2.78. The Balaban J connectivity index is 1.75. The monoisotopic (exact) mass is 320 g/mol. The molecule has 0 fully saturated rings. The van der Waals surface area contributed by atoms with Crippen LogP contribution < -0.4 is 10.6 Å². The smallest absolute Gasteiger partial charge is 0.191 e. The Morgan fingerprint density at radius 3 is 2.50 bits per heavy atom. The Labute approximate surface area is 134 Å². The van der Waals surface area contributed by atoms with Gasteiger partial charge in [0.1, 0.15) is 11.0 Å². The fraction of sp³-hybridized carbons (Fsp3) is 0.250. The Hall–Kier alpha value is -2.14. The highest BCUT2D eigenvalue weighted by Gasteiger charge is 2.00. The molecule has 4 nitrogen and oxygen atoms in total. The van der Waals surface area contributed by atoms with Gasteiger partial charge in [0.15, 0.2) is 5.96 Å². The summed E-state index contributed by atoms with van der Waals surface area (Å²) in [5, 5.41) is 6.89. The summed E-state index contributed by atoms with van der Waals surface area (Å²) in [6.07, 6.45) is 2.58. The van der Waals surface area contributed by atoms with Gasteiger partial charge < -0.3 is 10.6 Å². The molecule has 6 heteroatoms. The molecule has 0 saturated carbocycles. The first-order valence-electron chi connectivity index (χ1n) is 6.97. The first-order chi connectivity index (χ1) is 10.7. The summed E-state index contributed by atoms with van der Waals surface area (Å²) in [6.45, 7) is 1.31. The van der Waals surface area contributed by atoms with Gasteiger partial charge in [0, 0.05) is 26.3 Å². The maximum Gasteiger partial charge on any atom is 0.191 e. The Bertz CT molecular complexity index is 611. The van der Waals surface area contributed by atoms with Crippen LogP contribution in [0, 0.1) is 5.82 Å².